The van der Waals surface area contributed by atoms with Crippen molar-refractivity contribution in [2.45, 2.75) is 32.9 Å². The first-order valence-corrected chi connectivity index (χ1v) is 6.84. The van der Waals surface area contributed by atoms with Gasteiger partial charge in [-0.1, -0.05) is 23.2 Å². The van der Waals surface area contributed by atoms with Gasteiger partial charge in [0.2, 0.25) is 0 Å². The van der Waals surface area contributed by atoms with Crippen molar-refractivity contribution < 1.29 is 0 Å². The molecule has 0 atom stereocenters. The van der Waals surface area contributed by atoms with E-state index in [9.17, 15) is 0 Å². The summed E-state index contributed by atoms with van der Waals surface area (Å²) in [7, 11) is 0. The lowest BCUT2D eigenvalue weighted by Gasteiger charge is -2.18. The number of anilines is 1. The van der Waals surface area contributed by atoms with Crippen LogP contribution < -0.4 is 5.32 Å². The van der Waals surface area contributed by atoms with Crippen molar-refractivity contribution in [3.63, 3.8) is 0 Å². The van der Waals surface area contributed by atoms with E-state index in [0.29, 0.717) is 16.6 Å². The zero-order chi connectivity index (χ0) is 14.0. The fourth-order valence-electron chi connectivity index (χ4n) is 1.68. The predicted molar refractivity (Wildman–Crippen MR) is 81.0 cm³/mol. The number of rotatable bonds is 3. The summed E-state index contributed by atoms with van der Waals surface area (Å²) < 4.78 is 1.95. The molecule has 0 bridgehead atoms. The minimum Gasteiger partial charge on any atom is -0.381 e. The molecule has 1 N–H and O–H groups in total. The number of nitrogens with zero attached hydrogens (tertiary/aromatic N) is 2. The summed E-state index contributed by atoms with van der Waals surface area (Å²) >= 11 is 11.9. The van der Waals surface area contributed by atoms with Gasteiger partial charge in [0.25, 0.3) is 0 Å². The standard InChI is InChI=1S/C14H17Cl2N3/c1-14(2,3)19-9-10(8-18-19)7-17-13-5-11(15)4-12(16)6-13/h4-6,8-9,17H,7H2,1-3H3. The van der Waals surface area contributed by atoms with Crippen molar-refractivity contribution in [1.82, 2.24) is 9.78 Å². The lowest BCUT2D eigenvalue weighted by Crippen LogP contribution is -2.21. The maximum Gasteiger partial charge on any atom is 0.0543 e. The molecular formula is C14H17Cl2N3. The highest BCUT2D eigenvalue weighted by atomic mass is 35.5. The molecule has 0 aliphatic carbocycles. The summed E-state index contributed by atoms with van der Waals surface area (Å²) in [4.78, 5) is 0. The van der Waals surface area contributed by atoms with Crippen molar-refractivity contribution in [2.24, 2.45) is 0 Å². The topological polar surface area (TPSA) is 29.9 Å². The highest BCUT2D eigenvalue weighted by Gasteiger charge is 2.13. The number of hydrogen-bond donors (Lipinski definition) is 1. The van der Waals surface area contributed by atoms with Crippen LogP contribution in [0.2, 0.25) is 10.0 Å². The zero-order valence-electron chi connectivity index (χ0n) is 11.2. The van der Waals surface area contributed by atoms with E-state index in [1.54, 1.807) is 6.07 Å². The number of nitrogens with one attached hydrogen (secondary N) is 1. The van der Waals surface area contributed by atoms with E-state index in [4.69, 9.17) is 23.2 Å². The van der Waals surface area contributed by atoms with E-state index in [1.807, 2.05) is 29.2 Å². The molecule has 0 amide bonds. The summed E-state index contributed by atoms with van der Waals surface area (Å²) in [5, 5.41) is 8.90. The summed E-state index contributed by atoms with van der Waals surface area (Å²) in [5.74, 6) is 0. The molecule has 0 aliphatic heterocycles. The average molecular weight is 298 g/mol. The van der Waals surface area contributed by atoms with Crippen LogP contribution in [0.25, 0.3) is 0 Å². The highest BCUT2D eigenvalue weighted by molar-refractivity contribution is 6.35. The molecule has 1 heterocycles. The monoisotopic (exact) mass is 297 g/mol. The van der Waals surface area contributed by atoms with Gasteiger partial charge in [0.05, 0.1) is 11.7 Å². The maximum absolute atomic E-state index is 5.95. The first kappa shape index (κ1) is 14.2. The van der Waals surface area contributed by atoms with Crippen LogP contribution in [0.1, 0.15) is 26.3 Å². The van der Waals surface area contributed by atoms with Crippen LogP contribution in [0.3, 0.4) is 0 Å². The molecule has 1 aromatic heterocycles. The summed E-state index contributed by atoms with van der Waals surface area (Å²) in [6.45, 7) is 7.04. The fraction of sp³-hybridized carbons (Fsp3) is 0.357. The summed E-state index contributed by atoms with van der Waals surface area (Å²) in [6.07, 6.45) is 3.91. The number of halogens is 2. The third-order valence-electron chi connectivity index (χ3n) is 2.68. The maximum atomic E-state index is 5.95. The van der Waals surface area contributed by atoms with Gasteiger partial charge < -0.3 is 5.32 Å². The molecule has 102 valence electrons. The molecule has 3 nitrogen and oxygen atoms in total. The van der Waals surface area contributed by atoms with Crippen molar-refractivity contribution in [3.05, 3.63) is 46.2 Å². The Hall–Kier alpha value is -1.19. The molecule has 0 radical (unpaired) electrons. The number of aromatic nitrogens is 2. The molecular weight excluding hydrogens is 281 g/mol. The van der Waals surface area contributed by atoms with Gasteiger partial charge in [0, 0.05) is 34.0 Å². The van der Waals surface area contributed by atoms with E-state index in [0.717, 1.165) is 11.3 Å². The van der Waals surface area contributed by atoms with E-state index < -0.39 is 0 Å². The normalized spacial score (nSPS) is 11.6. The zero-order valence-corrected chi connectivity index (χ0v) is 12.8. The number of benzene rings is 1. The van der Waals surface area contributed by atoms with Gasteiger partial charge in [0.15, 0.2) is 0 Å². The van der Waals surface area contributed by atoms with Crippen molar-refractivity contribution >= 4 is 28.9 Å². The third-order valence-corrected chi connectivity index (χ3v) is 3.12. The lowest BCUT2D eigenvalue weighted by atomic mass is 10.1. The van der Waals surface area contributed by atoms with Crippen LogP contribution >= 0.6 is 23.2 Å². The third kappa shape index (κ3) is 3.88. The molecule has 5 heteroatoms. The average Bonchev–Trinajstić information content (AvgIpc) is 2.73. The molecule has 19 heavy (non-hydrogen) atoms. The van der Waals surface area contributed by atoms with Gasteiger partial charge in [-0.25, -0.2) is 0 Å². The van der Waals surface area contributed by atoms with E-state index in [-0.39, 0.29) is 5.54 Å². The molecule has 1 aromatic carbocycles. The first-order valence-electron chi connectivity index (χ1n) is 6.08. The van der Waals surface area contributed by atoms with Crippen LogP contribution in [-0.4, -0.2) is 9.78 Å². The fourth-order valence-corrected chi connectivity index (χ4v) is 2.20. The van der Waals surface area contributed by atoms with Crippen LogP contribution in [0.15, 0.2) is 30.6 Å². The Morgan fingerprint density at radius 2 is 1.79 bits per heavy atom. The SMILES string of the molecule is CC(C)(C)n1cc(CNc2cc(Cl)cc(Cl)c2)cn1. The van der Waals surface area contributed by atoms with Crippen LogP contribution in [0, 0.1) is 0 Å². The van der Waals surface area contributed by atoms with Gasteiger partial charge >= 0.3 is 0 Å². The second-order valence-corrected chi connectivity index (χ2v) is 6.35. The van der Waals surface area contributed by atoms with Crippen molar-refractivity contribution in [3.8, 4) is 0 Å². The molecule has 0 saturated heterocycles. The highest BCUT2D eigenvalue weighted by Crippen LogP contribution is 2.23. The van der Waals surface area contributed by atoms with Gasteiger partial charge in [-0.15, -0.1) is 0 Å². The Labute approximate surface area is 123 Å². The van der Waals surface area contributed by atoms with Gasteiger partial charge in [-0.05, 0) is 39.0 Å². The molecule has 0 fully saturated rings. The van der Waals surface area contributed by atoms with Crippen molar-refractivity contribution in [2.75, 3.05) is 5.32 Å². The predicted octanol–water partition coefficient (Wildman–Crippen LogP) is 4.56. The van der Waals surface area contributed by atoms with Crippen LogP contribution in [0.5, 0.6) is 0 Å². The Morgan fingerprint density at radius 3 is 2.32 bits per heavy atom. The van der Waals surface area contributed by atoms with E-state index >= 15 is 0 Å². The summed E-state index contributed by atoms with van der Waals surface area (Å²) in [5.41, 5.74) is 2.02. The molecule has 0 aliphatic rings. The molecule has 2 aromatic rings. The molecule has 0 unspecified atom stereocenters. The van der Waals surface area contributed by atoms with E-state index in [1.165, 1.54) is 0 Å². The van der Waals surface area contributed by atoms with Crippen LogP contribution in [0.4, 0.5) is 5.69 Å². The molecule has 2 rings (SSSR count). The van der Waals surface area contributed by atoms with Gasteiger partial charge in [0.1, 0.15) is 0 Å². The largest absolute Gasteiger partial charge is 0.381 e. The van der Waals surface area contributed by atoms with E-state index in [2.05, 4.69) is 31.2 Å². The minimum atomic E-state index is -0.00237. The Kier molecular flexibility index (Phi) is 4.07. The lowest BCUT2D eigenvalue weighted by molar-refractivity contribution is 0.355. The van der Waals surface area contributed by atoms with Crippen LogP contribution in [-0.2, 0) is 12.1 Å². The Morgan fingerprint density at radius 1 is 1.16 bits per heavy atom. The smallest absolute Gasteiger partial charge is 0.0543 e. The number of hydrogen-bond acceptors (Lipinski definition) is 2. The summed E-state index contributed by atoms with van der Waals surface area (Å²) in [6, 6.07) is 5.41. The molecule has 0 saturated carbocycles. The Bertz CT molecular complexity index is 550. The quantitative estimate of drug-likeness (QED) is 0.900. The first-order chi connectivity index (χ1) is 8.84. The van der Waals surface area contributed by atoms with Crippen molar-refractivity contribution in [1.29, 1.82) is 0 Å². The Balaban J connectivity index is 2.04. The molecule has 0 spiro atoms. The van der Waals surface area contributed by atoms with Gasteiger partial charge in [-0.2, -0.15) is 5.10 Å². The second kappa shape index (κ2) is 5.43. The second-order valence-electron chi connectivity index (χ2n) is 5.48. The van der Waals surface area contributed by atoms with Gasteiger partial charge in [-0.3, -0.25) is 4.68 Å². The minimum absolute atomic E-state index is 0.00237.